The maximum Gasteiger partial charge on any atom is 0.255 e. The molecule has 1 unspecified atom stereocenters. The molecule has 0 fully saturated rings. The third kappa shape index (κ3) is 8.06. The second kappa shape index (κ2) is 16.7. The van der Waals surface area contributed by atoms with Gasteiger partial charge in [0, 0.05) is 63.9 Å². The molecule has 4 heterocycles. The van der Waals surface area contributed by atoms with E-state index in [1.165, 1.54) is 4.90 Å². The summed E-state index contributed by atoms with van der Waals surface area (Å²) in [4.78, 5) is 69.6. The molecule has 5 N–H and O–H groups in total. The largest absolute Gasteiger partial charge is 0.376 e. The van der Waals surface area contributed by atoms with E-state index < -0.39 is 18.0 Å². The molecule has 54 heavy (non-hydrogen) atoms. The van der Waals surface area contributed by atoms with Crippen molar-refractivity contribution in [2.75, 3.05) is 25.0 Å². The number of hydrogen-bond donors (Lipinski definition) is 4. The van der Waals surface area contributed by atoms with Gasteiger partial charge in [0.1, 0.15) is 29.2 Å². The van der Waals surface area contributed by atoms with Crippen molar-refractivity contribution in [1.82, 2.24) is 30.3 Å². The van der Waals surface area contributed by atoms with Gasteiger partial charge in [0.15, 0.2) is 5.82 Å². The Morgan fingerprint density at radius 2 is 1.76 bits per heavy atom. The zero-order chi connectivity index (χ0) is 38.5. The molecular formula is C38H42ClN9O5S. The fourth-order valence-electron chi connectivity index (χ4n) is 6.77. The Morgan fingerprint density at radius 1 is 1.04 bits per heavy atom. The van der Waals surface area contributed by atoms with E-state index in [1.54, 1.807) is 29.5 Å². The molecular weight excluding hydrogens is 730 g/mol. The van der Waals surface area contributed by atoms with Gasteiger partial charge in [-0.3, -0.25) is 28.7 Å². The van der Waals surface area contributed by atoms with Crippen molar-refractivity contribution in [3.05, 3.63) is 91.8 Å². The van der Waals surface area contributed by atoms with E-state index in [1.807, 2.05) is 35.8 Å². The minimum absolute atomic E-state index is 0.0263. The lowest BCUT2D eigenvalue weighted by atomic mass is 9.99. The van der Waals surface area contributed by atoms with Crippen LogP contribution in [0.3, 0.4) is 0 Å². The average molecular weight is 772 g/mol. The fraction of sp³-hybridized carbons (Fsp3) is 0.368. The van der Waals surface area contributed by atoms with Crippen molar-refractivity contribution in [2.45, 2.75) is 71.5 Å². The molecule has 2 aromatic carbocycles. The zero-order valence-electron chi connectivity index (χ0n) is 30.3. The van der Waals surface area contributed by atoms with Gasteiger partial charge in [-0.2, -0.15) is 0 Å². The predicted molar refractivity (Wildman–Crippen MR) is 206 cm³/mol. The number of unbranched alkanes of at least 4 members (excludes halogenated alkanes) is 1. The number of primary amides is 1. The molecule has 0 saturated carbocycles. The Morgan fingerprint density at radius 3 is 2.46 bits per heavy atom. The van der Waals surface area contributed by atoms with Crippen molar-refractivity contribution in [1.29, 1.82) is 0 Å². The number of thiophene rings is 1. The van der Waals surface area contributed by atoms with E-state index in [9.17, 15) is 24.0 Å². The SMILES string of the molecule is Cc1sc2c(c1C)C(c1ccc(Cl)cc1)=N[C@@H](CC(=O)NCCCCNC(=O)CNc1cccc3c1CN(C(CCC=O)C(N)=O)C3=O)c1nnc(C)n1-2. The molecule has 2 atom stereocenters. The van der Waals surface area contributed by atoms with Crippen molar-refractivity contribution < 1.29 is 24.0 Å². The maximum atomic E-state index is 13.3. The highest BCUT2D eigenvalue weighted by Crippen LogP contribution is 2.39. The number of nitrogens with one attached hydrogen (secondary N) is 3. The Labute approximate surface area is 321 Å². The fourth-order valence-corrected chi connectivity index (χ4v) is 8.11. The van der Waals surface area contributed by atoms with E-state index in [-0.39, 0.29) is 50.1 Å². The van der Waals surface area contributed by atoms with Crippen LogP contribution in [0.2, 0.25) is 5.02 Å². The number of benzene rings is 2. The first kappa shape index (κ1) is 38.3. The van der Waals surface area contributed by atoms with Crippen molar-refractivity contribution >= 4 is 64.3 Å². The highest BCUT2D eigenvalue weighted by molar-refractivity contribution is 7.15. The summed E-state index contributed by atoms with van der Waals surface area (Å²) in [5.41, 5.74) is 11.0. The predicted octanol–water partition coefficient (Wildman–Crippen LogP) is 4.10. The third-order valence-corrected chi connectivity index (χ3v) is 11.1. The number of carbonyl (C=O) groups is 5. The Kier molecular flexibility index (Phi) is 11.9. The van der Waals surface area contributed by atoms with Crippen LogP contribution in [-0.2, 0) is 25.7 Å². The number of aldehydes is 1. The number of aryl methyl sites for hydroxylation is 2. The van der Waals surface area contributed by atoms with Crippen molar-refractivity contribution in [2.24, 2.45) is 10.7 Å². The van der Waals surface area contributed by atoms with Gasteiger partial charge in [-0.15, -0.1) is 21.5 Å². The van der Waals surface area contributed by atoms with E-state index in [0.29, 0.717) is 59.9 Å². The number of hydrogen-bond acceptors (Lipinski definition) is 10. The van der Waals surface area contributed by atoms with Gasteiger partial charge in [-0.1, -0.05) is 29.8 Å². The Bertz CT molecular complexity index is 2130. The van der Waals surface area contributed by atoms with Gasteiger partial charge in [-0.25, -0.2) is 0 Å². The lowest BCUT2D eigenvalue weighted by molar-refractivity contribution is -0.123. The summed E-state index contributed by atoms with van der Waals surface area (Å²) in [7, 11) is 0. The highest BCUT2D eigenvalue weighted by Gasteiger charge is 2.37. The molecule has 4 aromatic rings. The van der Waals surface area contributed by atoms with E-state index in [4.69, 9.17) is 22.3 Å². The number of halogens is 1. The topological polar surface area (TPSA) is 194 Å². The van der Waals surface area contributed by atoms with Crippen LogP contribution in [0.1, 0.15) is 87.3 Å². The molecule has 0 radical (unpaired) electrons. The Hall–Kier alpha value is -5.41. The molecule has 2 aliphatic heterocycles. The molecule has 2 aliphatic rings. The molecule has 14 nitrogen and oxygen atoms in total. The highest BCUT2D eigenvalue weighted by atomic mass is 35.5. The molecule has 0 bridgehead atoms. The number of aromatic nitrogens is 3. The second-order valence-electron chi connectivity index (χ2n) is 13.3. The number of amides is 4. The molecule has 16 heteroatoms. The third-order valence-electron chi connectivity index (χ3n) is 9.68. The number of carbonyl (C=O) groups excluding carboxylic acids is 5. The molecule has 0 saturated heterocycles. The second-order valence-corrected chi connectivity index (χ2v) is 14.9. The van der Waals surface area contributed by atoms with Gasteiger partial charge < -0.3 is 31.4 Å². The quantitative estimate of drug-likeness (QED) is 0.0966. The molecule has 4 amide bonds. The number of nitrogens with two attached hydrogens (primary N) is 1. The maximum absolute atomic E-state index is 13.3. The van der Waals surface area contributed by atoms with Crippen LogP contribution in [0.5, 0.6) is 0 Å². The standard InChI is InChI=1S/C38H42ClN9O5S/c1-21-22(2)54-38-33(21)34(24-11-13-25(39)14-12-24)44-29(36-46-45-23(3)48(36)38)18-31(50)41-15-4-5-16-42-32(51)19-43-28-9-6-8-26-27(28)20-47(37(26)53)30(35(40)52)10-7-17-49/h6,8-9,11-14,17,29-30,43H,4-5,7,10,15-16,18-20H2,1-3H3,(H2,40,52)(H,41,50)(H,42,51)/t29-,30?/m0/s1. The van der Waals surface area contributed by atoms with Crippen LogP contribution in [0.4, 0.5) is 5.69 Å². The van der Waals surface area contributed by atoms with Crippen LogP contribution < -0.4 is 21.7 Å². The molecule has 0 aliphatic carbocycles. The normalized spacial score (nSPS) is 15.0. The summed E-state index contributed by atoms with van der Waals surface area (Å²) >= 11 is 7.86. The molecule has 282 valence electrons. The Balaban J connectivity index is 0.995. The van der Waals surface area contributed by atoms with E-state index >= 15 is 0 Å². The molecule has 6 rings (SSSR count). The number of anilines is 1. The smallest absolute Gasteiger partial charge is 0.255 e. The average Bonchev–Trinajstić information content (AvgIpc) is 3.76. The molecule has 0 spiro atoms. The van der Waals surface area contributed by atoms with E-state index in [0.717, 1.165) is 38.1 Å². The lowest BCUT2D eigenvalue weighted by Gasteiger charge is -2.24. The van der Waals surface area contributed by atoms with Crippen LogP contribution in [0.15, 0.2) is 47.5 Å². The van der Waals surface area contributed by atoms with Crippen molar-refractivity contribution in [3.8, 4) is 5.00 Å². The summed E-state index contributed by atoms with van der Waals surface area (Å²) in [6.07, 6.45) is 2.31. The minimum atomic E-state index is -0.899. The van der Waals surface area contributed by atoms with Gasteiger partial charge in [0.05, 0.1) is 18.7 Å². The number of fused-ring (bicyclic) bond motifs is 4. The van der Waals surface area contributed by atoms with Gasteiger partial charge in [-0.05, 0) is 69.9 Å². The van der Waals surface area contributed by atoms with Gasteiger partial charge >= 0.3 is 0 Å². The van der Waals surface area contributed by atoms with Crippen LogP contribution in [0.25, 0.3) is 5.00 Å². The summed E-state index contributed by atoms with van der Waals surface area (Å²) < 4.78 is 2.01. The lowest BCUT2D eigenvalue weighted by Crippen LogP contribution is -2.44. The monoisotopic (exact) mass is 771 g/mol. The van der Waals surface area contributed by atoms with Gasteiger partial charge in [0.25, 0.3) is 5.91 Å². The number of rotatable bonds is 16. The van der Waals surface area contributed by atoms with Gasteiger partial charge in [0.2, 0.25) is 17.7 Å². The summed E-state index contributed by atoms with van der Waals surface area (Å²) in [5.74, 6) is -0.0924. The number of nitrogens with zero attached hydrogens (tertiary/aromatic N) is 5. The van der Waals surface area contributed by atoms with E-state index in [2.05, 4.69) is 40.0 Å². The van der Waals surface area contributed by atoms with Crippen LogP contribution in [0, 0.1) is 20.8 Å². The first-order chi connectivity index (χ1) is 26.0. The summed E-state index contributed by atoms with van der Waals surface area (Å²) in [6, 6.07) is 11.2. The molecule has 2 aromatic heterocycles. The first-order valence-corrected chi connectivity index (χ1v) is 19.0. The minimum Gasteiger partial charge on any atom is -0.376 e. The number of aliphatic imine (C=N–C) groups is 1. The summed E-state index contributed by atoms with van der Waals surface area (Å²) in [5, 5.41) is 19.4. The van der Waals surface area contributed by atoms with Crippen molar-refractivity contribution in [3.63, 3.8) is 0 Å². The zero-order valence-corrected chi connectivity index (χ0v) is 31.9. The summed E-state index contributed by atoms with van der Waals surface area (Å²) in [6.45, 7) is 7.01. The van der Waals surface area contributed by atoms with Crippen LogP contribution in [-0.4, -0.2) is 81.0 Å². The first-order valence-electron chi connectivity index (χ1n) is 17.8. The van der Waals surface area contributed by atoms with Crippen LogP contribution >= 0.6 is 22.9 Å².